The molecule has 1 aliphatic rings. The molecule has 0 bridgehead atoms. The zero-order valence-electron chi connectivity index (χ0n) is 15.0. The Balaban J connectivity index is 1.58. The first-order valence-corrected chi connectivity index (χ1v) is 8.90. The maximum absolute atomic E-state index is 12.0. The van der Waals surface area contributed by atoms with E-state index < -0.39 is 0 Å². The molecular weight excluding hydrogens is 340 g/mol. The Morgan fingerprint density at radius 3 is 2.78 bits per heavy atom. The van der Waals surface area contributed by atoms with Gasteiger partial charge in [0.1, 0.15) is 23.9 Å². The lowest BCUT2D eigenvalue weighted by Crippen LogP contribution is -2.20. The molecule has 0 amide bonds. The second-order valence-electron chi connectivity index (χ2n) is 6.80. The van der Waals surface area contributed by atoms with Crippen molar-refractivity contribution in [1.82, 2.24) is 0 Å². The molecule has 0 saturated carbocycles. The normalized spacial score (nSPS) is 15.7. The van der Waals surface area contributed by atoms with Crippen molar-refractivity contribution < 1.29 is 19.4 Å². The summed E-state index contributed by atoms with van der Waals surface area (Å²) in [6.45, 7) is 2.55. The zero-order chi connectivity index (χ0) is 18.8. The van der Waals surface area contributed by atoms with Gasteiger partial charge in [-0.05, 0) is 36.2 Å². The van der Waals surface area contributed by atoms with E-state index in [1.54, 1.807) is 6.07 Å². The number of carbonyl (C=O) groups is 1. The first kappa shape index (κ1) is 17.2. The van der Waals surface area contributed by atoms with E-state index in [0.717, 1.165) is 22.4 Å². The highest BCUT2D eigenvalue weighted by Crippen LogP contribution is 2.40. The standard InChI is InChI=1S/C23H20O4/c1-15-4-2-5-16(10-15)14-26-19-7-3-6-17(11-19)21-13-23(25)27-22-12-18(24)8-9-20(21)22/h2-12,21,24H,13-14H2,1H3. The lowest BCUT2D eigenvalue weighted by Gasteiger charge is -2.25. The number of ether oxygens (including phenoxy) is 2. The largest absolute Gasteiger partial charge is 0.508 e. The molecule has 1 N–H and O–H groups in total. The average Bonchev–Trinajstić information content (AvgIpc) is 2.66. The number of fused-ring (bicyclic) bond motifs is 1. The molecule has 27 heavy (non-hydrogen) atoms. The van der Waals surface area contributed by atoms with E-state index in [2.05, 4.69) is 19.1 Å². The van der Waals surface area contributed by atoms with E-state index in [4.69, 9.17) is 9.47 Å². The first-order valence-electron chi connectivity index (χ1n) is 8.90. The van der Waals surface area contributed by atoms with Crippen molar-refractivity contribution >= 4 is 5.97 Å². The molecule has 136 valence electrons. The molecule has 4 nitrogen and oxygen atoms in total. The maximum atomic E-state index is 12.0. The van der Waals surface area contributed by atoms with E-state index in [-0.39, 0.29) is 24.1 Å². The van der Waals surface area contributed by atoms with Gasteiger partial charge in [0.25, 0.3) is 0 Å². The van der Waals surface area contributed by atoms with Crippen molar-refractivity contribution in [2.24, 2.45) is 0 Å². The molecule has 1 unspecified atom stereocenters. The van der Waals surface area contributed by atoms with Gasteiger partial charge in [0.2, 0.25) is 0 Å². The van der Waals surface area contributed by atoms with E-state index >= 15 is 0 Å². The first-order chi connectivity index (χ1) is 13.1. The van der Waals surface area contributed by atoms with Crippen LogP contribution in [0.2, 0.25) is 0 Å². The molecule has 0 saturated heterocycles. The highest BCUT2D eigenvalue weighted by molar-refractivity contribution is 5.78. The van der Waals surface area contributed by atoms with E-state index in [1.165, 1.54) is 11.6 Å². The fourth-order valence-corrected chi connectivity index (χ4v) is 3.43. The summed E-state index contributed by atoms with van der Waals surface area (Å²) in [5.41, 5.74) is 4.19. The fraction of sp³-hybridized carbons (Fsp3) is 0.174. The summed E-state index contributed by atoms with van der Waals surface area (Å²) in [5.74, 6) is 0.835. The van der Waals surface area contributed by atoms with E-state index in [9.17, 15) is 9.90 Å². The Hall–Kier alpha value is -3.27. The summed E-state index contributed by atoms with van der Waals surface area (Å²) in [4.78, 5) is 12.0. The van der Waals surface area contributed by atoms with Gasteiger partial charge in [-0.1, -0.05) is 48.0 Å². The monoisotopic (exact) mass is 360 g/mol. The number of esters is 1. The van der Waals surface area contributed by atoms with Gasteiger partial charge in [0, 0.05) is 17.5 Å². The highest BCUT2D eigenvalue weighted by atomic mass is 16.5. The van der Waals surface area contributed by atoms with Crippen LogP contribution in [-0.4, -0.2) is 11.1 Å². The third-order valence-electron chi connectivity index (χ3n) is 4.72. The fourth-order valence-electron chi connectivity index (χ4n) is 3.43. The Kier molecular flexibility index (Phi) is 4.55. The van der Waals surface area contributed by atoms with Crippen LogP contribution >= 0.6 is 0 Å². The van der Waals surface area contributed by atoms with E-state index in [0.29, 0.717) is 12.4 Å². The quantitative estimate of drug-likeness (QED) is 0.540. The molecule has 0 aromatic heterocycles. The van der Waals surface area contributed by atoms with Gasteiger partial charge in [-0.25, -0.2) is 0 Å². The molecule has 1 atom stereocenters. The van der Waals surface area contributed by atoms with Crippen LogP contribution in [0.5, 0.6) is 17.2 Å². The van der Waals surface area contributed by atoms with Crippen LogP contribution in [0.3, 0.4) is 0 Å². The Labute approximate surface area is 158 Å². The molecule has 0 radical (unpaired) electrons. The summed E-state index contributed by atoms with van der Waals surface area (Å²) >= 11 is 0. The Morgan fingerprint density at radius 2 is 1.93 bits per heavy atom. The summed E-state index contributed by atoms with van der Waals surface area (Å²) in [6, 6.07) is 20.9. The van der Waals surface area contributed by atoms with Crippen molar-refractivity contribution in [1.29, 1.82) is 0 Å². The van der Waals surface area contributed by atoms with Crippen LogP contribution in [0, 0.1) is 6.92 Å². The molecule has 0 spiro atoms. The van der Waals surface area contributed by atoms with Crippen molar-refractivity contribution in [3.05, 3.63) is 89.0 Å². The molecule has 4 rings (SSSR count). The van der Waals surface area contributed by atoms with Crippen LogP contribution in [-0.2, 0) is 11.4 Å². The van der Waals surface area contributed by atoms with E-state index in [1.807, 2.05) is 42.5 Å². The van der Waals surface area contributed by atoms with Gasteiger partial charge >= 0.3 is 5.97 Å². The number of benzene rings is 3. The van der Waals surface area contributed by atoms with Crippen LogP contribution in [0.1, 0.15) is 34.6 Å². The number of aryl methyl sites for hydroxylation is 1. The van der Waals surface area contributed by atoms with Gasteiger partial charge < -0.3 is 14.6 Å². The number of carbonyl (C=O) groups excluding carboxylic acids is 1. The predicted molar refractivity (Wildman–Crippen MR) is 102 cm³/mol. The number of phenolic OH excluding ortho intramolecular Hbond substituents is 1. The molecular formula is C23H20O4. The molecule has 3 aromatic rings. The second-order valence-corrected chi connectivity index (χ2v) is 6.80. The third-order valence-corrected chi connectivity index (χ3v) is 4.72. The summed E-state index contributed by atoms with van der Waals surface area (Å²) in [5, 5.41) is 9.66. The minimum Gasteiger partial charge on any atom is -0.508 e. The minimum atomic E-state index is -0.302. The SMILES string of the molecule is Cc1cccc(COc2cccc(C3CC(=O)Oc4cc(O)ccc43)c2)c1. The summed E-state index contributed by atoms with van der Waals surface area (Å²) in [6.07, 6.45) is 0.263. The number of phenols is 1. The van der Waals surface area contributed by atoms with Crippen LogP contribution in [0.4, 0.5) is 0 Å². The van der Waals surface area contributed by atoms with Gasteiger partial charge in [0.15, 0.2) is 0 Å². The lowest BCUT2D eigenvalue weighted by molar-refractivity contribution is -0.135. The third kappa shape index (κ3) is 3.80. The van der Waals surface area contributed by atoms with Crippen molar-refractivity contribution in [2.75, 3.05) is 0 Å². The van der Waals surface area contributed by atoms with Crippen LogP contribution in [0.25, 0.3) is 0 Å². The summed E-state index contributed by atoms with van der Waals surface area (Å²) in [7, 11) is 0. The van der Waals surface area contributed by atoms with Crippen molar-refractivity contribution in [2.45, 2.75) is 25.9 Å². The van der Waals surface area contributed by atoms with Crippen LogP contribution < -0.4 is 9.47 Å². The van der Waals surface area contributed by atoms with Gasteiger partial charge in [-0.15, -0.1) is 0 Å². The smallest absolute Gasteiger partial charge is 0.312 e. The van der Waals surface area contributed by atoms with Crippen molar-refractivity contribution in [3.8, 4) is 17.2 Å². The number of hydrogen-bond donors (Lipinski definition) is 1. The minimum absolute atomic E-state index is 0.0810. The average molecular weight is 360 g/mol. The van der Waals surface area contributed by atoms with Gasteiger partial charge in [-0.2, -0.15) is 0 Å². The highest BCUT2D eigenvalue weighted by Gasteiger charge is 2.28. The topological polar surface area (TPSA) is 55.8 Å². The molecule has 0 aliphatic carbocycles. The molecule has 1 aliphatic heterocycles. The molecule has 0 fully saturated rings. The maximum Gasteiger partial charge on any atom is 0.312 e. The van der Waals surface area contributed by atoms with Crippen molar-refractivity contribution in [3.63, 3.8) is 0 Å². The van der Waals surface area contributed by atoms with Crippen LogP contribution in [0.15, 0.2) is 66.7 Å². The second kappa shape index (κ2) is 7.16. The van der Waals surface area contributed by atoms with Gasteiger partial charge in [0.05, 0.1) is 6.42 Å². The number of rotatable bonds is 4. The molecule has 4 heteroatoms. The lowest BCUT2D eigenvalue weighted by atomic mass is 9.86. The number of hydrogen-bond acceptors (Lipinski definition) is 4. The predicted octanol–water partition coefficient (Wildman–Crippen LogP) is 4.72. The molecule has 1 heterocycles. The zero-order valence-corrected chi connectivity index (χ0v) is 15.0. The summed E-state index contributed by atoms with van der Waals surface area (Å²) < 4.78 is 11.2. The van der Waals surface area contributed by atoms with Gasteiger partial charge in [-0.3, -0.25) is 4.79 Å². The Morgan fingerprint density at radius 1 is 1.07 bits per heavy atom. The molecule has 3 aromatic carbocycles. The number of aromatic hydroxyl groups is 1. The Bertz CT molecular complexity index is 993.